The number of benzene rings is 2. The second-order valence-corrected chi connectivity index (χ2v) is 7.47. The molecule has 0 aliphatic rings. The zero-order valence-corrected chi connectivity index (χ0v) is 16.7. The third-order valence-electron chi connectivity index (χ3n) is 3.93. The monoisotopic (exact) mass is 435 g/mol. The summed E-state index contributed by atoms with van der Waals surface area (Å²) in [7, 11) is -2.81. The van der Waals surface area contributed by atoms with Crippen LogP contribution >= 0.6 is 0 Å². The van der Waals surface area contributed by atoms with Gasteiger partial charge < -0.3 is 14.4 Å². The normalized spacial score (nSPS) is 10.7. The second-order valence-electron chi connectivity index (χ2n) is 5.91. The van der Waals surface area contributed by atoms with Crippen molar-refractivity contribution >= 4 is 27.6 Å². The summed E-state index contributed by atoms with van der Waals surface area (Å²) in [5.74, 6) is -2.14. The fourth-order valence-corrected chi connectivity index (χ4v) is 3.03. The van der Waals surface area contributed by atoms with Crippen molar-refractivity contribution in [1.82, 2.24) is 0 Å². The highest BCUT2D eigenvalue weighted by Gasteiger charge is 2.22. The SMILES string of the molecule is COc1ccc(S(N)(=O)=O)cc1C(=O)OCC(=O)N(CCC#N)c1ccc(F)cc1. The summed E-state index contributed by atoms with van der Waals surface area (Å²) >= 11 is 0. The summed E-state index contributed by atoms with van der Waals surface area (Å²) in [6, 6.07) is 10.3. The molecule has 9 nitrogen and oxygen atoms in total. The minimum atomic E-state index is -4.08. The van der Waals surface area contributed by atoms with E-state index in [4.69, 9.17) is 19.9 Å². The minimum absolute atomic E-state index is 0.00128. The van der Waals surface area contributed by atoms with E-state index in [9.17, 15) is 22.4 Å². The van der Waals surface area contributed by atoms with Crippen LogP contribution in [0.5, 0.6) is 5.75 Å². The highest BCUT2D eigenvalue weighted by Crippen LogP contribution is 2.23. The van der Waals surface area contributed by atoms with E-state index in [0.717, 1.165) is 24.3 Å². The highest BCUT2D eigenvalue weighted by molar-refractivity contribution is 7.89. The third-order valence-corrected chi connectivity index (χ3v) is 4.84. The van der Waals surface area contributed by atoms with E-state index in [0.29, 0.717) is 5.69 Å². The second kappa shape index (κ2) is 9.82. The Hall–Kier alpha value is -3.49. The zero-order valence-electron chi connectivity index (χ0n) is 15.9. The lowest BCUT2D eigenvalue weighted by molar-refractivity contribution is -0.121. The van der Waals surface area contributed by atoms with Crippen LogP contribution in [-0.4, -0.2) is 40.6 Å². The van der Waals surface area contributed by atoms with E-state index in [-0.39, 0.29) is 29.2 Å². The molecule has 11 heteroatoms. The number of nitrogens with zero attached hydrogens (tertiary/aromatic N) is 2. The third kappa shape index (κ3) is 5.76. The molecule has 0 spiro atoms. The molecule has 0 saturated carbocycles. The molecule has 0 radical (unpaired) electrons. The number of sulfonamides is 1. The van der Waals surface area contributed by atoms with E-state index >= 15 is 0 Å². The van der Waals surface area contributed by atoms with Gasteiger partial charge in [-0.3, -0.25) is 4.79 Å². The smallest absolute Gasteiger partial charge is 0.342 e. The van der Waals surface area contributed by atoms with Gasteiger partial charge in [0.25, 0.3) is 5.91 Å². The maximum absolute atomic E-state index is 13.1. The van der Waals surface area contributed by atoms with E-state index in [1.165, 1.54) is 30.2 Å². The summed E-state index contributed by atoms with van der Waals surface area (Å²) < 4.78 is 46.2. The van der Waals surface area contributed by atoms with Gasteiger partial charge in [-0.15, -0.1) is 0 Å². The Morgan fingerprint density at radius 2 is 1.87 bits per heavy atom. The van der Waals surface area contributed by atoms with Crippen LogP contribution in [0.4, 0.5) is 10.1 Å². The molecule has 0 unspecified atom stereocenters. The maximum Gasteiger partial charge on any atom is 0.342 e. The lowest BCUT2D eigenvalue weighted by atomic mass is 10.2. The molecule has 0 aliphatic carbocycles. The first-order chi connectivity index (χ1) is 14.2. The van der Waals surface area contributed by atoms with Gasteiger partial charge in [0.15, 0.2) is 6.61 Å². The molecule has 0 heterocycles. The van der Waals surface area contributed by atoms with E-state index in [2.05, 4.69) is 0 Å². The number of carbonyl (C=O) groups is 2. The number of anilines is 1. The Bertz CT molecular complexity index is 1080. The van der Waals surface area contributed by atoms with Crippen molar-refractivity contribution in [3.8, 4) is 11.8 Å². The van der Waals surface area contributed by atoms with E-state index in [1.807, 2.05) is 6.07 Å². The lowest BCUT2D eigenvalue weighted by Crippen LogP contribution is -2.35. The van der Waals surface area contributed by atoms with Gasteiger partial charge in [0.2, 0.25) is 10.0 Å². The van der Waals surface area contributed by atoms with E-state index in [1.54, 1.807) is 0 Å². The van der Waals surface area contributed by atoms with Gasteiger partial charge in [0.05, 0.1) is 24.5 Å². The number of esters is 1. The first kappa shape index (κ1) is 22.8. The molecule has 2 aromatic carbocycles. The Labute approximate surface area is 172 Å². The Morgan fingerprint density at radius 1 is 1.20 bits per heavy atom. The predicted molar refractivity (Wildman–Crippen MR) is 104 cm³/mol. The van der Waals surface area contributed by atoms with Crippen molar-refractivity contribution in [2.45, 2.75) is 11.3 Å². The highest BCUT2D eigenvalue weighted by atomic mass is 32.2. The number of nitrogens with two attached hydrogens (primary N) is 1. The van der Waals surface area contributed by atoms with Crippen molar-refractivity contribution in [3.05, 3.63) is 53.8 Å². The molecule has 0 atom stereocenters. The van der Waals surface area contributed by atoms with Gasteiger partial charge in [-0.1, -0.05) is 0 Å². The number of methoxy groups -OCH3 is 1. The molecule has 1 amide bonds. The molecule has 30 heavy (non-hydrogen) atoms. The van der Waals surface area contributed by atoms with Crippen LogP contribution in [0.15, 0.2) is 47.4 Å². The number of nitriles is 1. The van der Waals surface area contributed by atoms with Crippen LogP contribution in [0, 0.1) is 17.1 Å². The number of ether oxygens (including phenoxy) is 2. The molecular weight excluding hydrogens is 417 g/mol. The van der Waals surface area contributed by atoms with Gasteiger partial charge in [-0.25, -0.2) is 22.7 Å². The van der Waals surface area contributed by atoms with Gasteiger partial charge in [-0.2, -0.15) is 5.26 Å². The number of amides is 1. The molecule has 0 fully saturated rings. The summed E-state index contributed by atoms with van der Waals surface area (Å²) in [6.07, 6.45) is 0.00128. The Balaban J connectivity index is 2.19. The zero-order chi connectivity index (χ0) is 22.3. The largest absolute Gasteiger partial charge is 0.496 e. The number of rotatable bonds is 8. The fraction of sp³-hybridized carbons (Fsp3) is 0.211. The number of halogens is 1. The Morgan fingerprint density at radius 3 is 2.43 bits per heavy atom. The van der Waals surface area contributed by atoms with Crippen molar-refractivity contribution in [2.75, 3.05) is 25.2 Å². The first-order valence-corrected chi connectivity index (χ1v) is 10.0. The topological polar surface area (TPSA) is 140 Å². The number of primary sulfonamides is 1. The fourth-order valence-electron chi connectivity index (χ4n) is 2.49. The maximum atomic E-state index is 13.1. The molecule has 0 saturated heterocycles. The van der Waals surface area contributed by atoms with Crippen molar-refractivity contribution in [1.29, 1.82) is 5.26 Å². The minimum Gasteiger partial charge on any atom is -0.496 e. The van der Waals surface area contributed by atoms with Gasteiger partial charge in [-0.05, 0) is 42.5 Å². The molecule has 2 N–H and O–H groups in total. The lowest BCUT2D eigenvalue weighted by Gasteiger charge is -2.21. The number of hydrogen-bond acceptors (Lipinski definition) is 7. The van der Waals surface area contributed by atoms with Crippen LogP contribution in [-0.2, 0) is 19.6 Å². The van der Waals surface area contributed by atoms with Gasteiger partial charge in [0, 0.05) is 12.2 Å². The quantitative estimate of drug-likeness (QED) is 0.621. The predicted octanol–water partition coefficient (Wildman–Crippen LogP) is 1.59. The molecular formula is C19H18FN3O6S. The molecule has 2 aromatic rings. The molecule has 0 bridgehead atoms. The van der Waals surface area contributed by atoms with E-state index < -0.39 is 34.3 Å². The molecule has 2 rings (SSSR count). The van der Waals surface area contributed by atoms with Crippen molar-refractivity contribution in [3.63, 3.8) is 0 Å². The van der Waals surface area contributed by atoms with Gasteiger partial charge >= 0.3 is 5.97 Å². The Kier molecular flexibility index (Phi) is 7.46. The number of carbonyl (C=O) groups excluding carboxylic acids is 2. The number of hydrogen-bond donors (Lipinski definition) is 1. The van der Waals surface area contributed by atoms with Crippen LogP contribution in [0.25, 0.3) is 0 Å². The average molecular weight is 435 g/mol. The summed E-state index contributed by atoms with van der Waals surface area (Å²) in [4.78, 5) is 25.8. The average Bonchev–Trinajstić information content (AvgIpc) is 2.72. The standard InChI is InChI=1S/C19H18FN3O6S/c1-28-17-8-7-15(30(22,26)27)11-16(17)19(25)29-12-18(24)23(10-2-9-21)14-5-3-13(20)4-6-14/h3-8,11H,2,10,12H2,1H3,(H2,22,26,27). The molecule has 0 aromatic heterocycles. The van der Waals surface area contributed by atoms with Crippen molar-refractivity contribution < 1.29 is 31.9 Å². The van der Waals surface area contributed by atoms with Crippen LogP contribution in [0.3, 0.4) is 0 Å². The first-order valence-electron chi connectivity index (χ1n) is 8.48. The van der Waals surface area contributed by atoms with Crippen LogP contribution in [0.2, 0.25) is 0 Å². The van der Waals surface area contributed by atoms with Gasteiger partial charge in [0.1, 0.15) is 17.1 Å². The summed E-state index contributed by atoms with van der Waals surface area (Å²) in [5, 5.41) is 13.9. The summed E-state index contributed by atoms with van der Waals surface area (Å²) in [6.45, 7) is -0.701. The van der Waals surface area contributed by atoms with Crippen molar-refractivity contribution in [2.24, 2.45) is 5.14 Å². The summed E-state index contributed by atoms with van der Waals surface area (Å²) in [5.41, 5.74) is 0.0867. The molecule has 158 valence electrons. The van der Waals surface area contributed by atoms with Crippen LogP contribution in [0.1, 0.15) is 16.8 Å². The van der Waals surface area contributed by atoms with Crippen LogP contribution < -0.4 is 14.8 Å². The molecule has 0 aliphatic heterocycles.